The molecule has 0 amide bonds. The fourth-order valence-electron chi connectivity index (χ4n) is 1.19. The molecule has 2 aromatic rings. The Labute approximate surface area is 103 Å². The fourth-order valence-corrected chi connectivity index (χ4v) is 1.85. The number of hydrogen-bond acceptors (Lipinski definition) is 5. The number of para-hydroxylation sites is 1. The van der Waals surface area contributed by atoms with Gasteiger partial charge in [0, 0.05) is 5.38 Å². The second-order valence-electron chi connectivity index (χ2n) is 3.13. The number of esters is 1. The largest absolute Gasteiger partial charge is 0.461 e. The Balaban J connectivity index is 2.06. The summed E-state index contributed by atoms with van der Waals surface area (Å²) in [6, 6.07) is 9.29. The zero-order valence-corrected chi connectivity index (χ0v) is 10.1. The van der Waals surface area contributed by atoms with Crippen molar-refractivity contribution in [2.45, 2.75) is 6.92 Å². The van der Waals surface area contributed by atoms with Crippen molar-refractivity contribution in [2.24, 2.45) is 0 Å². The van der Waals surface area contributed by atoms with Crippen molar-refractivity contribution in [3.05, 3.63) is 41.4 Å². The second kappa shape index (κ2) is 5.45. The first-order chi connectivity index (χ1) is 8.29. The molecular formula is C12H11NO3S. The summed E-state index contributed by atoms with van der Waals surface area (Å²) >= 11 is 1.26. The lowest BCUT2D eigenvalue weighted by Gasteiger charge is -1.99. The molecule has 0 spiro atoms. The Morgan fingerprint density at radius 2 is 2.12 bits per heavy atom. The van der Waals surface area contributed by atoms with Crippen molar-refractivity contribution < 1.29 is 14.3 Å². The lowest BCUT2D eigenvalue weighted by molar-refractivity contribution is 0.0520. The minimum Gasteiger partial charge on any atom is -0.461 e. The molecule has 17 heavy (non-hydrogen) atoms. The number of carbonyl (C=O) groups is 1. The summed E-state index contributed by atoms with van der Waals surface area (Å²) in [5.41, 5.74) is 0.280. The van der Waals surface area contributed by atoms with Crippen LogP contribution in [0, 0.1) is 0 Å². The maximum atomic E-state index is 11.4. The van der Waals surface area contributed by atoms with Crippen LogP contribution in [0.15, 0.2) is 35.7 Å². The average Bonchev–Trinajstić information content (AvgIpc) is 2.79. The van der Waals surface area contributed by atoms with Crippen LogP contribution in [0.2, 0.25) is 0 Å². The van der Waals surface area contributed by atoms with Gasteiger partial charge in [-0.05, 0) is 19.1 Å². The quantitative estimate of drug-likeness (QED) is 0.781. The first-order valence-electron chi connectivity index (χ1n) is 5.15. The van der Waals surface area contributed by atoms with E-state index in [1.165, 1.54) is 11.3 Å². The van der Waals surface area contributed by atoms with Gasteiger partial charge in [-0.25, -0.2) is 4.79 Å². The highest BCUT2D eigenvalue weighted by atomic mass is 32.1. The van der Waals surface area contributed by atoms with Crippen molar-refractivity contribution in [1.82, 2.24) is 4.98 Å². The number of thiazole rings is 1. The van der Waals surface area contributed by atoms with Crippen LogP contribution in [0.5, 0.6) is 10.9 Å². The molecule has 0 aliphatic rings. The zero-order chi connectivity index (χ0) is 12.1. The Bertz CT molecular complexity index is 495. The van der Waals surface area contributed by atoms with Gasteiger partial charge in [-0.3, -0.25) is 0 Å². The predicted octanol–water partition coefficient (Wildman–Crippen LogP) is 3.11. The van der Waals surface area contributed by atoms with E-state index in [4.69, 9.17) is 9.47 Å². The minimum absolute atomic E-state index is 0.280. The monoisotopic (exact) mass is 249 g/mol. The molecule has 0 atom stereocenters. The number of ether oxygens (including phenoxy) is 2. The van der Waals surface area contributed by atoms with Crippen LogP contribution < -0.4 is 4.74 Å². The Morgan fingerprint density at radius 3 is 2.82 bits per heavy atom. The number of carbonyl (C=O) groups excluding carboxylic acids is 1. The molecule has 0 saturated carbocycles. The number of nitrogens with zero attached hydrogens (tertiary/aromatic N) is 1. The third-order valence-electron chi connectivity index (χ3n) is 1.92. The topological polar surface area (TPSA) is 48.4 Å². The van der Waals surface area contributed by atoms with E-state index in [1.807, 2.05) is 30.3 Å². The van der Waals surface area contributed by atoms with Crippen LogP contribution >= 0.6 is 11.3 Å². The normalized spacial score (nSPS) is 9.94. The van der Waals surface area contributed by atoms with Gasteiger partial charge in [-0.1, -0.05) is 29.5 Å². The highest BCUT2D eigenvalue weighted by molar-refractivity contribution is 7.11. The molecule has 0 bridgehead atoms. The van der Waals surface area contributed by atoms with Gasteiger partial charge in [-0.15, -0.1) is 0 Å². The van der Waals surface area contributed by atoms with Crippen molar-refractivity contribution in [3.8, 4) is 10.9 Å². The Kier molecular flexibility index (Phi) is 3.72. The van der Waals surface area contributed by atoms with Crippen LogP contribution in [-0.2, 0) is 4.74 Å². The van der Waals surface area contributed by atoms with Gasteiger partial charge in [-0.2, -0.15) is 4.98 Å². The predicted molar refractivity (Wildman–Crippen MR) is 64.6 cm³/mol. The van der Waals surface area contributed by atoms with E-state index < -0.39 is 5.97 Å². The maximum Gasteiger partial charge on any atom is 0.357 e. The third kappa shape index (κ3) is 3.04. The first-order valence-corrected chi connectivity index (χ1v) is 6.03. The molecule has 1 aromatic heterocycles. The van der Waals surface area contributed by atoms with E-state index >= 15 is 0 Å². The molecule has 4 nitrogen and oxygen atoms in total. The van der Waals surface area contributed by atoms with Gasteiger partial charge in [0.05, 0.1) is 6.61 Å². The Hall–Kier alpha value is -1.88. The molecule has 0 N–H and O–H groups in total. The van der Waals surface area contributed by atoms with Crippen LogP contribution in [0.4, 0.5) is 0 Å². The Morgan fingerprint density at radius 1 is 1.35 bits per heavy atom. The van der Waals surface area contributed by atoms with Gasteiger partial charge in [0.2, 0.25) is 0 Å². The molecule has 1 aromatic carbocycles. The highest BCUT2D eigenvalue weighted by Gasteiger charge is 2.12. The minimum atomic E-state index is -0.424. The van der Waals surface area contributed by atoms with Gasteiger partial charge in [0.25, 0.3) is 5.19 Å². The van der Waals surface area contributed by atoms with E-state index in [-0.39, 0.29) is 5.69 Å². The lowest BCUT2D eigenvalue weighted by atomic mass is 10.3. The smallest absolute Gasteiger partial charge is 0.357 e. The van der Waals surface area contributed by atoms with Gasteiger partial charge in [0.1, 0.15) is 5.75 Å². The molecule has 0 saturated heterocycles. The van der Waals surface area contributed by atoms with E-state index in [2.05, 4.69) is 4.98 Å². The van der Waals surface area contributed by atoms with Gasteiger partial charge < -0.3 is 9.47 Å². The maximum absolute atomic E-state index is 11.4. The van der Waals surface area contributed by atoms with E-state index in [0.717, 1.165) is 0 Å². The molecule has 88 valence electrons. The van der Waals surface area contributed by atoms with E-state index in [1.54, 1.807) is 12.3 Å². The molecule has 0 aliphatic carbocycles. The zero-order valence-electron chi connectivity index (χ0n) is 9.25. The molecule has 1 heterocycles. The molecule has 5 heteroatoms. The SMILES string of the molecule is CCOC(=O)c1csc(Oc2ccccc2)n1. The number of hydrogen-bond donors (Lipinski definition) is 0. The summed E-state index contributed by atoms with van der Waals surface area (Å²) in [5, 5.41) is 2.05. The number of benzene rings is 1. The number of aromatic nitrogens is 1. The molecule has 0 aliphatic heterocycles. The van der Waals surface area contributed by atoms with Crippen molar-refractivity contribution >= 4 is 17.3 Å². The van der Waals surface area contributed by atoms with Crippen LogP contribution in [0.1, 0.15) is 17.4 Å². The van der Waals surface area contributed by atoms with E-state index in [0.29, 0.717) is 17.6 Å². The lowest BCUT2D eigenvalue weighted by Crippen LogP contribution is -2.04. The van der Waals surface area contributed by atoms with Gasteiger partial charge in [0.15, 0.2) is 5.69 Å². The number of rotatable bonds is 4. The van der Waals surface area contributed by atoms with Gasteiger partial charge >= 0.3 is 5.97 Å². The first kappa shape index (κ1) is 11.6. The molecule has 0 unspecified atom stereocenters. The average molecular weight is 249 g/mol. The molecule has 0 fully saturated rings. The summed E-state index contributed by atoms with van der Waals surface area (Å²) < 4.78 is 10.3. The van der Waals surface area contributed by atoms with Crippen molar-refractivity contribution in [3.63, 3.8) is 0 Å². The summed E-state index contributed by atoms with van der Waals surface area (Å²) in [7, 11) is 0. The molecule has 2 rings (SSSR count). The fraction of sp³-hybridized carbons (Fsp3) is 0.167. The van der Waals surface area contributed by atoms with Crippen LogP contribution in [0.3, 0.4) is 0 Å². The van der Waals surface area contributed by atoms with E-state index in [9.17, 15) is 4.79 Å². The van der Waals surface area contributed by atoms with Crippen molar-refractivity contribution in [2.75, 3.05) is 6.61 Å². The third-order valence-corrected chi connectivity index (χ3v) is 2.63. The second-order valence-corrected chi connectivity index (χ2v) is 3.95. The van der Waals surface area contributed by atoms with Crippen molar-refractivity contribution in [1.29, 1.82) is 0 Å². The molecule has 0 radical (unpaired) electrons. The summed E-state index contributed by atoms with van der Waals surface area (Å²) in [6.45, 7) is 2.09. The highest BCUT2D eigenvalue weighted by Crippen LogP contribution is 2.24. The van der Waals surface area contributed by atoms with Crippen LogP contribution in [0.25, 0.3) is 0 Å². The summed E-state index contributed by atoms with van der Waals surface area (Å²) in [6.07, 6.45) is 0. The standard InChI is InChI=1S/C12H11NO3S/c1-2-15-11(14)10-8-17-12(13-10)16-9-6-4-3-5-7-9/h3-8H,2H2,1H3. The van der Waals surface area contributed by atoms with Crippen LogP contribution in [-0.4, -0.2) is 17.6 Å². The molecular weight excluding hydrogens is 238 g/mol. The summed E-state index contributed by atoms with van der Waals surface area (Å²) in [5.74, 6) is 0.268. The summed E-state index contributed by atoms with van der Waals surface area (Å²) in [4.78, 5) is 15.4.